The largest absolute Gasteiger partial charge is 0.346 e. The Balaban J connectivity index is 3.36. The van der Waals surface area contributed by atoms with Crippen LogP contribution in [0.5, 0.6) is 0 Å². The van der Waals surface area contributed by atoms with Crippen LogP contribution >= 0.6 is 0 Å². The van der Waals surface area contributed by atoms with Crippen LogP contribution in [0.3, 0.4) is 0 Å². The SMILES string of the molecule is C=CC(=C)ON=S. The van der Waals surface area contributed by atoms with Crippen LogP contribution in [0.1, 0.15) is 0 Å². The van der Waals surface area contributed by atoms with Crippen molar-refractivity contribution in [2.24, 2.45) is 4.53 Å². The van der Waals surface area contributed by atoms with Crippen molar-refractivity contribution in [2.75, 3.05) is 0 Å². The molecule has 0 saturated carbocycles. The second kappa shape index (κ2) is 3.49. The van der Waals surface area contributed by atoms with Crippen molar-refractivity contribution in [3.63, 3.8) is 0 Å². The van der Waals surface area contributed by atoms with Crippen molar-refractivity contribution in [2.45, 2.75) is 0 Å². The molecule has 0 aliphatic heterocycles. The molecule has 0 N–H and O–H groups in total. The van der Waals surface area contributed by atoms with E-state index >= 15 is 0 Å². The van der Waals surface area contributed by atoms with Gasteiger partial charge in [-0.2, -0.15) is 0 Å². The minimum Gasteiger partial charge on any atom is -0.346 e. The van der Waals surface area contributed by atoms with Gasteiger partial charge in [-0.15, -0.1) is 0 Å². The molecule has 0 amide bonds. The van der Waals surface area contributed by atoms with Gasteiger partial charge in [-0.3, -0.25) is 0 Å². The fourth-order valence-electron chi connectivity index (χ4n) is 0.0851. The number of allylic oxidation sites excluding steroid dienone is 1. The summed E-state index contributed by atoms with van der Waals surface area (Å²) in [6.07, 6.45) is 1.43. The lowest BCUT2D eigenvalue weighted by Crippen LogP contribution is -1.71. The van der Waals surface area contributed by atoms with Crippen molar-refractivity contribution in [1.29, 1.82) is 0 Å². The predicted octanol–water partition coefficient (Wildman–Crippen LogP) is 1.35. The average molecular weight is 115 g/mol. The maximum absolute atomic E-state index is 4.32. The summed E-state index contributed by atoms with van der Waals surface area (Å²) in [5.74, 6) is 0.370. The summed E-state index contributed by atoms with van der Waals surface area (Å²) >= 11 is 4.09. The van der Waals surface area contributed by atoms with E-state index in [2.05, 4.69) is 34.9 Å². The van der Waals surface area contributed by atoms with Gasteiger partial charge in [0.1, 0.15) is 0 Å². The summed E-state index contributed by atoms with van der Waals surface area (Å²) in [5.41, 5.74) is 0. The van der Waals surface area contributed by atoms with E-state index in [0.717, 1.165) is 0 Å². The standard InChI is InChI=1S/C4H5NOS/c1-3-4(2)6-5-7/h3H,1-2H2. The van der Waals surface area contributed by atoms with Crippen molar-refractivity contribution >= 4 is 12.4 Å². The van der Waals surface area contributed by atoms with Gasteiger partial charge in [0.25, 0.3) is 0 Å². The average Bonchev–Trinajstić information content (AvgIpc) is 1.68. The van der Waals surface area contributed by atoms with Gasteiger partial charge in [0.05, 0.1) is 12.4 Å². The molecule has 0 unspecified atom stereocenters. The van der Waals surface area contributed by atoms with Gasteiger partial charge in [-0.05, 0) is 10.6 Å². The third-order valence-electron chi connectivity index (χ3n) is 0.382. The smallest absolute Gasteiger partial charge is 0.151 e. The molecule has 0 spiro atoms. The van der Waals surface area contributed by atoms with Crippen LogP contribution in [0.15, 0.2) is 29.5 Å². The van der Waals surface area contributed by atoms with Gasteiger partial charge in [-0.1, -0.05) is 13.2 Å². The van der Waals surface area contributed by atoms with Crippen LogP contribution in [-0.2, 0) is 17.3 Å². The molecule has 0 aliphatic carbocycles. The molecule has 0 saturated heterocycles. The van der Waals surface area contributed by atoms with E-state index in [9.17, 15) is 0 Å². The molecule has 0 bridgehead atoms. The normalized spacial score (nSPS) is 6.86. The van der Waals surface area contributed by atoms with E-state index in [-0.39, 0.29) is 0 Å². The zero-order valence-electron chi connectivity index (χ0n) is 3.76. The molecule has 0 atom stereocenters. The minimum absolute atomic E-state index is 0.370. The monoisotopic (exact) mass is 115 g/mol. The number of nitrogens with zero attached hydrogens (tertiary/aromatic N) is 1. The van der Waals surface area contributed by atoms with Gasteiger partial charge < -0.3 is 4.84 Å². The van der Waals surface area contributed by atoms with E-state index in [0.29, 0.717) is 5.76 Å². The number of hydrogen-bond donors (Lipinski definition) is 0. The van der Waals surface area contributed by atoms with Crippen LogP contribution in [0, 0.1) is 0 Å². The minimum atomic E-state index is 0.370. The molecule has 0 aromatic carbocycles. The molecule has 0 aliphatic rings. The summed E-state index contributed by atoms with van der Waals surface area (Å²) in [4.78, 5) is 4.32. The van der Waals surface area contributed by atoms with Crippen LogP contribution < -0.4 is 0 Å². The van der Waals surface area contributed by atoms with E-state index in [1.807, 2.05) is 0 Å². The Labute approximate surface area is 47.6 Å². The van der Waals surface area contributed by atoms with E-state index < -0.39 is 0 Å². The molecule has 0 rings (SSSR count). The van der Waals surface area contributed by atoms with Gasteiger partial charge >= 0.3 is 0 Å². The lowest BCUT2D eigenvalue weighted by Gasteiger charge is -1.87. The van der Waals surface area contributed by atoms with E-state index in [1.54, 1.807) is 0 Å². The lowest BCUT2D eigenvalue weighted by molar-refractivity contribution is 0.252. The van der Waals surface area contributed by atoms with Crippen molar-refractivity contribution in [3.8, 4) is 0 Å². The Morgan fingerprint density at radius 3 is 2.57 bits per heavy atom. The molecule has 0 heterocycles. The maximum Gasteiger partial charge on any atom is 0.151 e. The van der Waals surface area contributed by atoms with Gasteiger partial charge in [0.2, 0.25) is 0 Å². The number of hydrogen-bond acceptors (Lipinski definition) is 3. The highest BCUT2D eigenvalue weighted by atomic mass is 32.1. The summed E-state index contributed by atoms with van der Waals surface area (Å²) in [6, 6.07) is 0. The third kappa shape index (κ3) is 3.12. The fourth-order valence-corrected chi connectivity index (χ4v) is 0.181. The number of rotatable bonds is 3. The topological polar surface area (TPSA) is 21.6 Å². The molecule has 0 aromatic heterocycles. The first-order valence-electron chi connectivity index (χ1n) is 1.62. The van der Waals surface area contributed by atoms with E-state index in [1.165, 1.54) is 6.08 Å². The summed E-state index contributed by atoms with van der Waals surface area (Å²) in [5, 5.41) is 0. The van der Waals surface area contributed by atoms with Crippen LogP contribution in [0.4, 0.5) is 0 Å². The molecule has 3 heteroatoms. The Morgan fingerprint density at radius 2 is 2.43 bits per heavy atom. The van der Waals surface area contributed by atoms with Crippen molar-refractivity contribution < 1.29 is 4.84 Å². The van der Waals surface area contributed by atoms with Crippen LogP contribution in [-0.4, -0.2) is 0 Å². The Bertz CT molecular complexity index is 99.9. The summed E-state index contributed by atoms with van der Waals surface area (Å²) < 4.78 is 2.92. The zero-order chi connectivity index (χ0) is 5.70. The first-order chi connectivity index (χ1) is 3.31. The van der Waals surface area contributed by atoms with E-state index in [4.69, 9.17) is 0 Å². The molecule has 38 valence electrons. The highest BCUT2D eigenvalue weighted by Crippen LogP contribution is 1.91. The second-order valence-corrected chi connectivity index (χ2v) is 0.985. The maximum atomic E-state index is 4.32. The fraction of sp³-hybridized carbons (Fsp3) is 0. The van der Waals surface area contributed by atoms with Gasteiger partial charge in [-0.25, -0.2) is 0 Å². The quantitative estimate of drug-likeness (QED) is 0.314. The zero-order valence-corrected chi connectivity index (χ0v) is 4.57. The molecule has 7 heavy (non-hydrogen) atoms. The Hall–Kier alpha value is -0.700. The van der Waals surface area contributed by atoms with Crippen LogP contribution in [0.25, 0.3) is 0 Å². The highest BCUT2D eigenvalue weighted by Gasteiger charge is 1.77. The van der Waals surface area contributed by atoms with Gasteiger partial charge in [0, 0.05) is 0 Å². The molecular weight excluding hydrogens is 110 g/mol. The predicted molar refractivity (Wildman–Crippen MR) is 30.2 cm³/mol. The molecule has 0 radical (unpaired) electrons. The molecule has 0 fully saturated rings. The van der Waals surface area contributed by atoms with Crippen molar-refractivity contribution in [1.82, 2.24) is 0 Å². The Morgan fingerprint density at radius 1 is 1.86 bits per heavy atom. The first kappa shape index (κ1) is 6.30. The first-order valence-corrected chi connectivity index (χ1v) is 1.98. The van der Waals surface area contributed by atoms with Crippen LogP contribution in [0.2, 0.25) is 0 Å². The third-order valence-corrected chi connectivity index (χ3v) is 0.457. The lowest BCUT2D eigenvalue weighted by atomic mass is 10.6. The second-order valence-electron chi connectivity index (χ2n) is 0.836. The molecule has 0 aromatic rings. The van der Waals surface area contributed by atoms with Gasteiger partial charge in [0.15, 0.2) is 5.76 Å². The molecular formula is C4H5NOS. The molecule has 2 nitrogen and oxygen atoms in total. The summed E-state index contributed by atoms with van der Waals surface area (Å²) in [6.45, 7) is 6.71. The Kier molecular flexibility index (Phi) is 3.14. The van der Waals surface area contributed by atoms with Crippen molar-refractivity contribution in [3.05, 3.63) is 25.0 Å². The summed E-state index contributed by atoms with van der Waals surface area (Å²) in [7, 11) is 0. The highest BCUT2D eigenvalue weighted by molar-refractivity contribution is 7.47.